The molecule has 126 valence electrons. The van der Waals surface area contributed by atoms with Crippen LogP contribution in [0.2, 0.25) is 0 Å². The Hall–Kier alpha value is -1.79. The Kier molecular flexibility index (Phi) is 5.58. The van der Waals surface area contributed by atoms with Gasteiger partial charge in [0.15, 0.2) is 0 Å². The molecule has 0 radical (unpaired) electrons. The molecule has 2 heterocycles. The van der Waals surface area contributed by atoms with E-state index in [4.69, 9.17) is 0 Å². The Morgan fingerprint density at radius 1 is 1.04 bits per heavy atom. The third kappa shape index (κ3) is 3.82. The van der Waals surface area contributed by atoms with Crippen LogP contribution in [-0.4, -0.2) is 54.0 Å². The number of thioether (sulfide) groups is 1. The minimum absolute atomic E-state index is 0.0566. The first-order valence-corrected chi connectivity index (χ1v) is 10.2. The summed E-state index contributed by atoms with van der Waals surface area (Å²) < 4.78 is 0. The highest BCUT2D eigenvalue weighted by Gasteiger charge is 2.25. The molecular weight excluding hydrogens is 340 g/mol. The minimum atomic E-state index is 0.0566. The number of nitrogens with zero attached hydrogens (tertiary/aromatic N) is 2. The first-order valence-electron chi connectivity index (χ1n) is 7.89. The van der Waals surface area contributed by atoms with Crippen molar-refractivity contribution in [3.63, 3.8) is 0 Å². The smallest absolute Gasteiger partial charge is 0.264 e. The standard InChI is InChI=1S/C18H20N2O2S2/c1-23-13-14-4-2-5-15(12-14)17(21)19-7-9-20(10-8-19)18(22)16-6-3-11-24-16/h2-6,11-12H,7-10,13H2,1H3. The van der Waals surface area contributed by atoms with Gasteiger partial charge in [-0.2, -0.15) is 11.8 Å². The van der Waals surface area contributed by atoms with Crippen LogP contribution in [0.1, 0.15) is 25.6 Å². The highest BCUT2D eigenvalue weighted by molar-refractivity contribution is 7.97. The van der Waals surface area contributed by atoms with E-state index in [0.29, 0.717) is 26.2 Å². The van der Waals surface area contributed by atoms with E-state index in [2.05, 4.69) is 6.26 Å². The van der Waals surface area contributed by atoms with Crippen LogP contribution in [0.25, 0.3) is 0 Å². The number of benzene rings is 1. The van der Waals surface area contributed by atoms with Gasteiger partial charge in [0.05, 0.1) is 4.88 Å². The molecule has 1 aromatic heterocycles. The van der Waals surface area contributed by atoms with Crippen molar-refractivity contribution in [3.05, 3.63) is 57.8 Å². The predicted octanol–water partition coefficient (Wildman–Crippen LogP) is 3.21. The summed E-state index contributed by atoms with van der Waals surface area (Å²) in [7, 11) is 0. The number of rotatable bonds is 4. The lowest BCUT2D eigenvalue weighted by Gasteiger charge is -2.34. The van der Waals surface area contributed by atoms with Crippen LogP contribution in [0.4, 0.5) is 0 Å². The second-order valence-electron chi connectivity index (χ2n) is 5.70. The van der Waals surface area contributed by atoms with E-state index >= 15 is 0 Å². The zero-order chi connectivity index (χ0) is 16.9. The largest absolute Gasteiger partial charge is 0.335 e. The summed E-state index contributed by atoms with van der Waals surface area (Å²) in [5.41, 5.74) is 1.90. The maximum Gasteiger partial charge on any atom is 0.264 e. The van der Waals surface area contributed by atoms with Crippen molar-refractivity contribution in [2.45, 2.75) is 5.75 Å². The molecule has 3 rings (SSSR count). The molecule has 1 aliphatic heterocycles. The normalized spacial score (nSPS) is 14.7. The second kappa shape index (κ2) is 7.85. The van der Waals surface area contributed by atoms with Crippen LogP contribution >= 0.6 is 23.1 Å². The van der Waals surface area contributed by atoms with Crippen molar-refractivity contribution >= 4 is 34.9 Å². The van der Waals surface area contributed by atoms with E-state index in [1.54, 1.807) is 11.8 Å². The molecule has 2 amide bonds. The van der Waals surface area contributed by atoms with Gasteiger partial charge >= 0.3 is 0 Å². The van der Waals surface area contributed by atoms with Crippen LogP contribution in [0.5, 0.6) is 0 Å². The molecule has 1 aliphatic rings. The maximum atomic E-state index is 12.7. The third-order valence-corrected chi connectivity index (χ3v) is 5.55. The van der Waals surface area contributed by atoms with Crippen molar-refractivity contribution in [2.24, 2.45) is 0 Å². The second-order valence-corrected chi connectivity index (χ2v) is 7.51. The molecule has 0 saturated carbocycles. The van der Waals surface area contributed by atoms with Gasteiger partial charge in [-0.05, 0) is 35.4 Å². The number of hydrogen-bond donors (Lipinski definition) is 0. The maximum absolute atomic E-state index is 12.7. The molecule has 0 bridgehead atoms. The van der Waals surface area contributed by atoms with Crippen molar-refractivity contribution in [3.8, 4) is 0 Å². The van der Waals surface area contributed by atoms with Crippen molar-refractivity contribution in [2.75, 3.05) is 32.4 Å². The van der Waals surface area contributed by atoms with Crippen molar-refractivity contribution in [1.82, 2.24) is 9.80 Å². The van der Waals surface area contributed by atoms with Crippen LogP contribution in [0.15, 0.2) is 41.8 Å². The molecule has 2 aromatic rings. The van der Waals surface area contributed by atoms with E-state index in [-0.39, 0.29) is 11.8 Å². The monoisotopic (exact) mass is 360 g/mol. The fourth-order valence-corrected chi connectivity index (χ4v) is 4.02. The average molecular weight is 361 g/mol. The molecule has 1 fully saturated rings. The van der Waals surface area contributed by atoms with Crippen LogP contribution < -0.4 is 0 Å². The zero-order valence-corrected chi connectivity index (χ0v) is 15.2. The Balaban J connectivity index is 1.61. The average Bonchev–Trinajstić information content (AvgIpc) is 3.16. The molecule has 24 heavy (non-hydrogen) atoms. The molecule has 6 heteroatoms. The fourth-order valence-electron chi connectivity index (χ4n) is 2.81. The first-order chi connectivity index (χ1) is 11.7. The number of carbonyl (C=O) groups excluding carboxylic acids is 2. The number of amides is 2. The molecular formula is C18H20N2O2S2. The molecule has 0 aliphatic carbocycles. The Bertz CT molecular complexity index is 708. The molecule has 0 atom stereocenters. The SMILES string of the molecule is CSCc1cccc(C(=O)N2CCN(C(=O)c3cccs3)CC2)c1. The molecule has 0 spiro atoms. The minimum Gasteiger partial charge on any atom is -0.335 e. The lowest BCUT2D eigenvalue weighted by atomic mass is 10.1. The van der Waals surface area contributed by atoms with E-state index in [0.717, 1.165) is 16.2 Å². The molecule has 1 aromatic carbocycles. The summed E-state index contributed by atoms with van der Waals surface area (Å²) >= 11 is 3.21. The Labute approximate surface area is 150 Å². The Morgan fingerprint density at radius 2 is 1.75 bits per heavy atom. The quantitative estimate of drug-likeness (QED) is 0.841. The van der Waals surface area contributed by atoms with E-state index in [9.17, 15) is 9.59 Å². The van der Waals surface area contributed by atoms with Crippen LogP contribution in [0, 0.1) is 0 Å². The van der Waals surface area contributed by atoms with E-state index in [1.165, 1.54) is 16.9 Å². The van der Waals surface area contributed by atoms with E-state index < -0.39 is 0 Å². The zero-order valence-electron chi connectivity index (χ0n) is 13.6. The van der Waals surface area contributed by atoms with Crippen LogP contribution in [0.3, 0.4) is 0 Å². The summed E-state index contributed by atoms with van der Waals surface area (Å²) in [5.74, 6) is 1.03. The molecule has 4 nitrogen and oxygen atoms in total. The highest BCUT2D eigenvalue weighted by atomic mass is 32.2. The summed E-state index contributed by atoms with van der Waals surface area (Å²) in [4.78, 5) is 29.5. The molecule has 1 saturated heterocycles. The third-order valence-electron chi connectivity index (χ3n) is 4.07. The van der Waals surface area contributed by atoms with Gasteiger partial charge < -0.3 is 9.80 Å². The fraction of sp³-hybridized carbons (Fsp3) is 0.333. The summed E-state index contributed by atoms with van der Waals surface area (Å²) in [5, 5.41) is 1.91. The summed E-state index contributed by atoms with van der Waals surface area (Å²) in [6, 6.07) is 11.6. The topological polar surface area (TPSA) is 40.6 Å². The van der Waals surface area contributed by atoms with Gasteiger partial charge in [0, 0.05) is 37.5 Å². The van der Waals surface area contributed by atoms with Gasteiger partial charge in [-0.25, -0.2) is 0 Å². The summed E-state index contributed by atoms with van der Waals surface area (Å²) in [6.45, 7) is 2.35. The number of thiophene rings is 1. The van der Waals surface area contributed by atoms with Gasteiger partial charge in [-0.3, -0.25) is 9.59 Å². The lowest BCUT2D eigenvalue weighted by molar-refractivity contribution is 0.0538. The molecule has 0 N–H and O–H groups in total. The lowest BCUT2D eigenvalue weighted by Crippen LogP contribution is -2.50. The summed E-state index contributed by atoms with van der Waals surface area (Å²) in [6.07, 6.45) is 2.05. The van der Waals surface area contributed by atoms with Gasteiger partial charge in [-0.15, -0.1) is 11.3 Å². The van der Waals surface area contributed by atoms with Crippen molar-refractivity contribution < 1.29 is 9.59 Å². The highest BCUT2D eigenvalue weighted by Crippen LogP contribution is 2.16. The molecule has 0 unspecified atom stereocenters. The van der Waals surface area contributed by atoms with E-state index in [1.807, 2.05) is 51.6 Å². The Morgan fingerprint density at radius 3 is 2.38 bits per heavy atom. The number of hydrogen-bond acceptors (Lipinski definition) is 4. The number of piperazine rings is 1. The van der Waals surface area contributed by atoms with Gasteiger partial charge in [-0.1, -0.05) is 18.2 Å². The van der Waals surface area contributed by atoms with Gasteiger partial charge in [0.25, 0.3) is 11.8 Å². The number of carbonyl (C=O) groups is 2. The van der Waals surface area contributed by atoms with Gasteiger partial charge in [0.2, 0.25) is 0 Å². The van der Waals surface area contributed by atoms with Crippen molar-refractivity contribution in [1.29, 1.82) is 0 Å². The predicted molar refractivity (Wildman–Crippen MR) is 99.8 cm³/mol. The first kappa shape index (κ1) is 17.0. The van der Waals surface area contributed by atoms with Crippen LogP contribution in [-0.2, 0) is 5.75 Å². The van der Waals surface area contributed by atoms with Gasteiger partial charge in [0.1, 0.15) is 0 Å².